The minimum Gasteiger partial charge on any atom is -0.460 e. The number of hydrogen-bond donors (Lipinski definition) is 1. The van der Waals surface area contributed by atoms with Gasteiger partial charge < -0.3 is 9.84 Å². The van der Waals surface area contributed by atoms with E-state index in [0.717, 1.165) is 11.6 Å². The number of rotatable bonds is 4. The van der Waals surface area contributed by atoms with Crippen LogP contribution in [0.15, 0.2) is 48.5 Å². The minimum absolute atomic E-state index is 0.0465. The molecule has 0 aliphatic rings. The molecule has 0 aliphatic heterocycles. The molecule has 0 aliphatic carbocycles. The molecular weight excluding hydrogens is 240 g/mol. The first kappa shape index (κ1) is 15.4. The predicted molar refractivity (Wildman–Crippen MR) is 69.6 cm³/mol. The molecule has 4 heteroatoms. The second-order valence-corrected chi connectivity index (χ2v) is 3.05. The maximum atomic E-state index is 10.1. The zero-order valence-corrected chi connectivity index (χ0v) is 10.1. The van der Waals surface area contributed by atoms with E-state index in [2.05, 4.69) is 11.3 Å². The summed E-state index contributed by atoms with van der Waals surface area (Å²) in [5.41, 5.74) is 2.64. The Hall–Kier alpha value is -1.58. The summed E-state index contributed by atoms with van der Waals surface area (Å²) in [6, 6.07) is 9.93. The van der Waals surface area contributed by atoms with Crippen LogP contribution in [0.4, 0.5) is 0 Å². The molecule has 0 bridgehead atoms. The highest BCUT2D eigenvalue weighted by atomic mass is 35.5. The third kappa shape index (κ3) is 9.35. The van der Waals surface area contributed by atoms with E-state index in [1.807, 2.05) is 36.4 Å². The summed E-state index contributed by atoms with van der Waals surface area (Å²) >= 11 is 5.36. The summed E-state index contributed by atoms with van der Waals surface area (Å²) < 4.78 is 4.33. The molecule has 0 heterocycles. The number of esters is 1. The van der Waals surface area contributed by atoms with Crippen LogP contribution in [0, 0.1) is 0 Å². The lowest BCUT2D eigenvalue weighted by Crippen LogP contribution is -2.04. The van der Waals surface area contributed by atoms with Crippen LogP contribution in [0.3, 0.4) is 0 Å². The molecule has 0 radical (unpaired) electrons. The van der Waals surface area contributed by atoms with Crippen LogP contribution >= 0.6 is 11.6 Å². The predicted octanol–water partition coefficient (Wildman–Crippen LogP) is 2.60. The van der Waals surface area contributed by atoms with E-state index in [4.69, 9.17) is 16.7 Å². The maximum absolute atomic E-state index is 10.1. The first-order chi connectivity index (χ1) is 8.24. The average Bonchev–Trinajstić information content (AvgIpc) is 2.38. The normalized spacial score (nSPS) is 9.29. The molecule has 0 fully saturated rings. The smallest absolute Gasteiger partial charge is 0.330 e. The molecule has 92 valence electrons. The number of carbonyl (C=O) groups is 1. The van der Waals surface area contributed by atoms with Gasteiger partial charge in [-0.05, 0) is 11.6 Å². The van der Waals surface area contributed by atoms with Crippen LogP contribution in [0.5, 0.6) is 0 Å². The van der Waals surface area contributed by atoms with Crippen LogP contribution in [-0.2, 0) is 9.53 Å². The van der Waals surface area contributed by atoms with Gasteiger partial charge in [0.2, 0.25) is 0 Å². The summed E-state index contributed by atoms with van der Waals surface area (Å²) in [5, 5.41) is 8.10. The highest BCUT2D eigenvalue weighted by Crippen LogP contribution is 2.00. The lowest BCUT2D eigenvalue weighted by atomic mass is 10.2. The highest BCUT2D eigenvalue weighted by molar-refractivity contribution is 6.27. The molecule has 1 rings (SSSR count). The van der Waals surface area contributed by atoms with Gasteiger partial charge in [-0.1, -0.05) is 48.5 Å². The van der Waals surface area contributed by atoms with Crippen molar-refractivity contribution in [2.45, 2.75) is 0 Å². The monoisotopic (exact) mass is 254 g/mol. The Bertz CT molecular complexity index is 347. The first-order valence-corrected chi connectivity index (χ1v) is 5.40. The molecule has 1 aromatic carbocycles. The molecule has 3 nitrogen and oxygen atoms in total. The van der Waals surface area contributed by atoms with Gasteiger partial charge in [0.25, 0.3) is 0 Å². The van der Waals surface area contributed by atoms with E-state index in [1.165, 1.54) is 5.54 Å². The molecule has 0 spiro atoms. The average molecular weight is 255 g/mol. The SMILES string of the molecule is C=CC(=O)OCCO.ClC=Cc1ccccc1. The summed E-state index contributed by atoms with van der Waals surface area (Å²) in [5.74, 6) is -0.501. The Morgan fingerprint density at radius 2 is 2.06 bits per heavy atom. The largest absolute Gasteiger partial charge is 0.460 e. The highest BCUT2D eigenvalue weighted by Gasteiger charge is 1.90. The number of hydrogen-bond acceptors (Lipinski definition) is 3. The van der Waals surface area contributed by atoms with Gasteiger partial charge in [0, 0.05) is 11.6 Å². The molecule has 0 saturated heterocycles. The molecule has 0 atom stereocenters. The number of aliphatic hydroxyl groups is 1. The lowest BCUT2D eigenvalue weighted by Gasteiger charge is -1.94. The number of ether oxygens (including phenoxy) is 1. The Balaban J connectivity index is 0.000000304. The third-order valence-electron chi connectivity index (χ3n) is 1.56. The minimum atomic E-state index is -0.501. The number of halogens is 1. The van der Waals surface area contributed by atoms with Gasteiger partial charge in [-0.2, -0.15) is 0 Å². The Kier molecular flexibility index (Phi) is 9.91. The van der Waals surface area contributed by atoms with Crippen molar-refractivity contribution in [1.29, 1.82) is 0 Å². The van der Waals surface area contributed by atoms with Crippen LogP contribution in [0.1, 0.15) is 5.56 Å². The zero-order chi connectivity index (χ0) is 12.9. The van der Waals surface area contributed by atoms with Gasteiger partial charge >= 0.3 is 5.97 Å². The topological polar surface area (TPSA) is 46.5 Å². The van der Waals surface area contributed by atoms with Gasteiger partial charge in [-0.15, -0.1) is 0 Å². The zero-order valence-electron chi connectivity index (χ0n) is 9.38. The van der Waals surface area contributed by atoms with Crippen molar-refractivity contribution in [1.82, 2.24) is 0 Å². The first-order valence-electron chi connectivity index (χ1n) is 4.96. The number of carbonyl (C=O) groups excluding carboxylic acids is 1. The maximum Gasteiger partial charge on any atom is 0.330 e. The van der Waals surface area contributed by atoms with E-state index >= 15 is 0 Å². The fourth-order valence-corrected chi connectivity index (χ4v) is 0.988. The summed E-state index contributed by atoms with van der Waals surface area (Å²) in [4.78, 5) is 10.1. The van der Waals surface area contributed by atoms with Gasteiger partial charge in [0.05, 0.1) is 6.61 Å². The quantitative estimate of drug-likeness (QED) is 0.664. The molecule has 1 aromatic rings. The van der Waals surface area contributed by atoms with Crippen LogP contribution in [0.25, 0.3) is 6.08 Å². The second-order valence-electron chi connectivity index (χ2n) is 2.80. The van der Waals surface area contributed by atoms with Crippen molar-refractivity contribution in [2.24, 2.45) is 0 Å². The third-order valence-corrected chi connectivity index (χ3v) is 1.68. The van der Waals surface area contributed by atoms with Crippen LogP contribution < -0.4 is 0 Å². The Morgan fingerprint density at radius 3 is 2.53 bits per heavy atom. The Morgan fingerprint density at radius 1 is 1.41 bits per heavy atom. The number of benzene rings is 1. The van der Waals surface area contributed by atoms with E-state index in [9.17, 15) is 4.79 Å². The van der Waals surface area contributed by atoms with E-state index < -0.39 is 5.97 Å². The molecule has 0 saturated carbocycles. The molecule has 0 aromatic heterocycles. The lowest BCUT2D eigenvalue weighted by molar-refractivity contribution is -0.138. The molecule has 17 heavy (non-hydrogen) atoms. The second kappa shape index (κ2) is 10.9. The van der Waals surface area contributed by atoms with Gasteiger partial charge in [0.15, 0.2) is 0 Å². The van der Waals surface area contributed by atoms with Crippen molar-refractivity contribution in [3.63, 3.8) is 0 Å². The van der Waals surface area contributed by atoms with Gasteiger partial charge in [0.1, 0.15) is 6.61 Å². The van der Waals surface area contributed by atoms with Gasteiger partial charge in [-0.3, -0.25) is 0 Å². The molecule has 1 N–H and O–H groups in total. The molecular formula is C13H15ClO3. The summed E-state index contributed by atoms with van der Waals surface area (Å²) in [7, 11) is 0. The van der Waals surface area contributed by atoms with E-state index in [0.29, 0.717) is 0 Å². The van der Waals surface area contributed by atoms with Gasteiger partial charge in [-0.25, -0.2) is 4.79 Å². The van der Waals surface area contributed by atoms with Crippen molar-refractivity contribution < 1.29 is 14.6 Å². The van der Waals surface area contributed by atoms with E-state index in [1.54, 1.807) is 0 Å². The van der Waals surface area contributed by atoms with Crippen molar-refractivity contribution >= 4 is 23.6 Å². The van der Waals surface area contributed by atoms with Crippen LogP contribution in [-0.4, -0.2) is 24.3 Å². The van der Waals surface area contributed by atoms with Crippen molar-refractivity contribution in [2.75, 3.05) is 13.2 Å². The van der Waals surface area contributed by atoms with Crippen molar-refractivity contribution in [3.05, 3.63) is 54.1 Å². The van der Waals surface area contributed by atoms with Crippen LogP contribution in [0.2, 0.25) is 0 Å². The van der Waals surface area contributed by atoms with Crippen molar-refractivity contribution in [3.8, 4) is 0 Å². The summed E-state index contributed by atoms with van der Waals surface area (Å²) in [6.45, 7) is 3.06. The molecule has 0 unspecified atom stereocenters. The standard InChI is InChI=1S/C8H7Cl.C5H8O3/c9-7-6-8-4-2-1-3-5-8;1-2-5(7)8-4-3-6/h1-7H;2,6H,1,3-4H2. The Labute approximate surface area is 106 Å². The summed E-state index contributed by atoms with van der Waals surface area (Å²) in [6.07, 6.45) is 2.90. The molecule has 0 amide bonds. The fourth-order valence-electron chi connectivity index (χ4n) is 0.842. The fraction of sp³-hybridized carbons (Fsp3) is 0.154. The number of aliphatic hydroxyl groups excluding tert-OH is 1. The van der Waals surface area contributed by atoms with E-state index in [-0.39, 0.29) is 13.2 Å².